The second kappa shape index (κ2) is 5.46. The Labute approximate surface area is 102 Å². The van der Waals surface area contributed by atoms with Gasteiger partial charge in [-0.05, 0) is 44.5 Å². The van der Waals surface area contributed by atoms with Crippen LogP contribution < -0.4 is 0 Å². The molecule has 3 heteroatoms. The standard InChI is InChI=1S/C13H17ClO2/c1-4-13(2,3)16-9-12(15)10-5-7-11(14)8-6-10/h5-8H,4,9H2,1-3H3. The molecule has 88 valence electrons. The first kappa shape index (κ1) is 13.2. The Balaban J connectivity index is 2.56. The Kier molecular flexibility index (Phi) is 4.51. The molecule has 0 fully saturated rings. The van der Waals surface area contributed by atoms with Crippen LogP contribution in [-0.2, 0) is 4.74 Å². The van der Waals surface area contributed by atoms with Gasteiger partial charge in [0.2, 0.25) is 0 Å². The highest BCUT2D eigenvalue weighted by atomic mass is 35.5. The van der Waals surface area contributed by atoms with Gasteiger partial charge in [0.25, 0.3) is 0 Å². The highest BCUT2D eigenvalue weighted by molar-refractivity contribution is 6.30. The number of hydrogen-bond donors (Lipinski definition) is 0. The number of carbonyl (C=O) groups excluding carboxylic acids is 1. The molecule has 0 N–H and O–H groups in total. The van der Waals surface area contributed by atoms with Crippen LogP contribution in [0.15, 0.2) is 24.3 Å². The van der Waals surface area contributed by atoms with Gasteiger partial charge >= 0.3 is 0 Å². The monoisotopic (exact) mass is 240 g/mol. The summed E-state index contributed by atoms with van der Waals surface area (Å²) in [6.07, 6.45) is 0.876. The molecule has 0 atom stereocenters. The number of halogens is 1. The van der Waals surface area contributed by atoms with Gasteiger partial charge < -0.3 is 4.74 Å². The number of Topliss-reactive ketones (excluding diaryl/α,β-unsaturated/α-hetero) is 1. The van der Waals surface area contributed by atoms with Crippen molar-refractivity contribution >= 4 is 17.4 Å². The number of benzene rings is 1. The molecule has 0 aromatic heterocycles. The molecule has 0 saturated carbocycles. The Morgan fingerprint density at radius 2 is 1.88 bits per heavy atom. The number of hydrogen-bond acceptors (Lipinski definition) is 2. The summed E-state index contributed by atoms with van der Waals surface area (Å²) in [5.41, 5.74) is 0.388. The third kappa shape index (κ3) is 3.95. The zero-order chi connectivity index (χ0) is 12.2. The van der Waals surface area contributed by atoms with Gasteiger partial charge in [0, 0.05) is 10.6 Å². The maximum Gasteiger partial charge on any atom is 0.188 e. The minimum Gasteiger partial charge on any atom is -0.367 e. The molecule has 1 rings (SSSR count). The van der Waals surface area contributed by atoms with E-state index in [9.17, 15) is 4.79 Å². The Morgan fingerprint density at radius 1 is 1.31 bits per heavy atom. The average Bonchev–Trinajstić information content (AvgIpc) is 2.27. The molecule has 2 nitrogen and oxygen atoms in total. The number of carbonyl (C=O) groups is 1. The summed E-state index contributed by atoms with van der Waals surface area (Å²) in [6.45, 7) is 6.10. The molecule has 16 heavy (non-hydrogen) atoms. The van der Waals surface area contributed by atoms with Gasteiger partial charge in [-0.1, -0.05) is 18.5 Å². The van der Waals surface area contributed by atoms with Crippen LogP contribution in [0.4, 0.5) is 0 Å². The van der Waals surface area contributed by atoms with Crippen LogP contribution in [0.25, 0.3) is 0 Å². The Bertz CT molecular complexity index is 355. The molecule has 0 amide bonds. The first-order chi connectivity index (χ1) is 7.44. The van der Waals surface area contributed by atoms with Crippen molar-refractivity contribution < 1.29 is 9.53 Å². The molecule has 0 radical (unpaired) electrons. The van der Waals surface area contributed by atoms with Crippen LogP contribution in [0.2, 0.25) is 5.02 Å². The summed E-state index contributed by atoms with van der Waals surface area (Å²) in [5, 5.41) is 0.631. The van der Waals surface area contributed by atoms with E-state index in [2.05, 4.69) is 0 Å². The van der Waals surface area contributed by atoms with Crippen molar-refractivity contribution in [3.05, 3.63) is 34.9 Å². The van der Waals surface area contributed by atoms with Crippen LogP contribution in [0.1, 0.15) is 37.6 Å². The highest BCUT2D eigenvalue weighted by Gasteiger charge is 2.17. The molecule has 0 heterocycles. The summed E-state index contributed by atoms with van der Waals surface area (Å²) in [4.78, 5) is 11.8. The topological polar surface area (TPSA) is 26.3 Å². The minimum atomic E-state index is -0.248. The van der Waals surface area contributed by atoms with Crippen LogP contribution in [0.5, 0.6) is 0 Å². The summed E-state index contributed by atoms with van der Waals surface area (Å²) in [5.74, 6) is -0.0156. The fraction of sp³-hybridized carbons (Fsp3) is 0.462. The van der Waals surface area contributed by atoms with Gasteiger partial charge in [-0.25, -0.2) is 0 Å². The number of ether oxygens (including phenoxy) is 1. The molecule has 0 saturated heterocycles. The van der Waals surface area contributed by atoms with Gasteiger partial charge in [-0.3, -0.25) is 4.79 Å². The van der Waals surface area contributed by atoms with Crippen LogP contribution in [-0.4, -0.2) is 18.0 Å². The van der Waals surface area contributed by atoms with Crippen molar-refractivity contribution in [2.75, 3.05) is 6.61 Å². The predicted molar refractivity (Wildman–Crippen MR) is 66.1 cm³/mol. The summed E-state index contributed by atoms with van der Waals surface area (Å²) in [6, 6.07) is 6.85. The van der Waals surface area contributed by atoms with Crippen molar-refractivity contribution in [3.8, 4) is 0 Å². The number of ketones is 1. The van der Waals surface area contributed by atoms with E-state index in [0.29, 0.717) is 10.6 Å². The third-order valence-corrected chi connectivity index (χ3v) is 2.86. The van der Waals surface area contributed by atoms with E-state index in [1.165, 1.54) is 0 Å². The Morgan fingerprint density at radius 3 is 2.38 bits per heavy atom. The first-order valence-corrected chi connectivity index (χ1v) is 5.75. The van der Waals surface area contributed by atoms with E-state index >= 15 is 0 Å². The van der Waals surface area contributed by atoms with E-state index < -0.39 is 0 Å². The lowest BCUT2D eigenvalue weighted by molar-refractivity contribution is -0.0122. The van der Waals surface area contributed by atoms with Crippen molar-refractivity contribution in [2.45, 2.75) is 32.8 Å². The lowest BCUT2D eigenvalue weighted by atomic mass is 10.1. The van der Waals surface area contributed by atoms with Crippen LogP contribution >= 0.6 is 11.6 Å². The second-order valence-electron chi connectivity index (χ2n) is 4.33. The molecule has 0 spiro atoms. The smallest absolute Gasteiger partial charge is 0.188 e. The lowest BCUT2D eigenvalue weighted by Crippen LogP contribution is -2.26. The highest BCUT2D eigenvalue weighted by Crippen LogP contribution is 2.15. The maximum absolute atomic E-state index is 11.8. The molecule has 1 aromatic carbocycles. The molecule has 0 aliphatic rings. The van der Waals surface area contributed by atoms with E-state index in [4.69, 9.17) is 16.3 Å². The van der Waals surface area contributed by atoms with E-state index in [1.807, 2.05) is 20.8 Å². The first-order valence-electron chi connectivity index (χ1n) is 5.37. The molecule has 0 aliphatic carbocycles. The van der Waals surface area contributed by atoms with Crippen LogP contribution in [0, 0.1) is 0 Å². The van der Waals surface area contributed by atoms with E-state index in [-0.39, 0.29) is 18.0 Å². The zero-order valence-corrected chi connectivity index (χ0v) is 10.7. The summed E-state index contributed by atoms with van der Waals surface area (Å²) in [7, 11) is 0. The largest absolute Gasteiger partial charge is 0.367 e. The zero-order valence-electron chi connectivity index (χ0n) is 9.92. The lowest BCUT2D eigenvalue weighted by Gasteiger charge is -2.22. The molecule has 1 aromatic rings. The molecule has 0 unspecified atom stereocenters. The molecular weight excluding hydrogens is 224 g/mol. The third-order valence-electron chi connectivity index (χ3n) is 2.61. The SMILES string of the molecule is CCC(C)(C)OCC(=O)c1ccc(Cl)cc1. The fourth-order valence-corrected chi connectivity index (χ4v) is 1.21. The van der Waals surface area contributed by atoms with E-state index in [0.717, 1.165) is 6.42 Å². The fourth-order valence-electron chi connectivity index (χ4n) is 1.08. The Hall–Kier alpha value is -0.860. The van der Waals surface area contributed by atoms with Crippen molar-refractivity contribution in [3.63, 3.8) is 0 Å². The molecular formula is C13H17ClO2. The number of rotatable bonds is 5. The summed E-state index contributed by atoms with van der Waals surface area (Å²) < 4.78 is 5.54. The maximum atomic E-state index is 11.8. The van der Waals surface area contributed by atoms with Crippen molar-refractivity contribution in [2.24, 2.45) is 0 Å². The van der Waals surface area contributed by atoms with Gasteiger partial charge in [0.05, 0.1) is 5.60 Å². The minimum absolute atomic E-state index is 0.0156. The normalized spacial score (nSPS) is 11.5. The quantitative estimate of drug-likeness (QED) is 0.733. The van der Waals surface area contributed by atoms with Gasteiger partial charge in [0.15, 0.2) is 5.78 Å². The average molecular weight is 241 g/mol. The van der Waals surface area contributed by atoms with Crippen molar-refractivity contribution in [1.82, 2.24) is 0 Å². The van der Waals surface area contributed by atoms with Gasteiger partial charge in [0.1, 0.15) is 6.61 Å². The second-order valence-corrected chi connectivity index (χ2v) is 4.77. The van der Waals surface area contributed by atoms with E-state index in [1.54, 1.807) is 24.3 Å². The molecule has 0 bridgehead atoms. The summed E-state index contributed by atoms with van der Waals surface area (Å²) >= 11 is 5.75. The predicted octanol–water partition coefficient (Wildman–Crippen LogP) is 3.73. The van der Waals surface area contributed by atoms with Gasteiger partial charge in [-0.2, -0.15) is 0 Å². The van der Waals surface area contributed by atoms with Gasteiger partial charge in [-0.15, -0.1) is 0 Å². The molecule has 0 aliphatic heterocycles. The van der Waals surface area contributed by atoms with Crippen LogP contribution in [0.3, 0.4) is 0 Å². The van der Waals surface area contributed by atoms with Crippen molar-refractivity contribution in [1.29, 1.82) is 0 Å².